The van der Waals surface area contributed by atoms with Crippen LogP contribution in [0, 0.1) is 0 Å². The van der Waals surface area contributed by atoms with Crippen molar-refractivity contribution < 1.29 is 19.4 Å². The fourth-order valence-electron chi connectivity index (χ4n) is 2.29. The molecule has 0 saturated carbocycles. The molecular formula is C17H17ClO4. The molecule has 1 unspecified atom stereocenters. The van der Waals surface area contributed by atoms with E-state index in [9.17, 15) is 9.90 Å². The van der Waals surface area contributed by atoms with Gasteiger partial charge in [-0.1, -0.05) is 29.8 Å². The Hall–Kier alpha value is -2.20. The zero-order chi connectivity index (χ0) is 16.1. The van der Waals surface area contributed by atoms with Crippen LogP contribution in [0.2, 0.25) is 5.02 Å². The Morgan fingerprint density at radius 1 is 1.14 bits per heavy atom. The molecule has 2 rings (SSSR count). The number of rotatable bonds is 6. The van der Waals surface area contributed by atoms with E-state index in [1.54, 1.807) is 37.4 Å². The molecule has 2 aromatic carbocycles. The quantitative estimate of drug-likeness (QED) is 0.880. The normalized spacial score (nSPS) is 11.8. The molecule has 22 heavy (non-hydrogen) atoms. The molecule has 116 valence electrons. The van der Waals surface area contributed by atoms with Gasteiger partial charge in [-0.15, -0.1) is 0 Å². The molecule has 5 heteroatoms. The van der Waals surface area contributed by atoms with E-state index < -0.39 is 11.9 Å². The van der Waals surface area contributed by atoms with Crippen molar-refractivity contribution in [3.63, 3.8) is 0 Å². The Balaban J connectivity index is 2.35. The molecule has 0 radical (unpaired) electrons. The summed E-state index contributed by atoms with van der Waals surface area (Å²) >= 11 is 5.86. The third-order valence-corrected chi connectivity index (χ3v) is 3.72. The summed E-state index contributed by atoms with van der Waals surface area (Å²) in [5.41, 5.74) is 1.51. The Kier molecular flexibility index (Phi) is 5.28. The maximum Gasteiger partial charge on any atom is 0.311 e. The molecule has 0 spiro atoms. The van der Waals surface area contributed by atoms with Gasteiger partial charge in [-0.3, -0.25) is 4.79 Å². The second-order valence-electron chi connectivity index (χ2n) is 4.83. The van der Waals surface area contributed by atoms with Crippen LogP contribution in [0.3, 0.4) is 0 Å². The zero-order valence-electron chi connectivity index (χ0n) is 12.4. The van der Waals surface area contributed by atoms with Crippen LogP contribution in [-0.2, 0) is 11.2 Å². The summed E-state index contributed by atoms with van der Waals surface area (Å²) in [4.78, 5) is 11.7. The molecule has 1 N–H and O–H groups in total. The number of halogens is 1. The Morgan fingerprint density at radius 2 is 1.82 bits per heavy atom. The fraction of sp³-hybridized carbons (Fsp3) is 0.235. The minimum absolute atomic E-state index is 0.356. The van der Waals surface area contributed by atoms with Crippen LogP contribution in [0.1, 0.15) is 17.0 Å². The first-order valence-corrected chi connectivity index (χ1v) is 7.12. The van der Waals surface area contributed by atoms with Crippen molar-refractivity contribution in [1.29, 1.82) is 0 Å². The van der Waals surface area contributed by atoms with Crippen LogP contribution < -0.4 is 9.47 Å². The molecule has 0 aliphatic heterocycles. The third kappa shape index (κ3) is 3.71. The first-order chi connectivity index (χ1) is 10.5. The van der Waals surface area contributed by atoms with Gasteiger partial charge < -0.3 is 14.6 Å². The van der Waals surface area contributed by atoms with Crippen molar-refractivity contribution in [1.82, 2.24) is 0 Å². The predicted molar refractivity (Wildman–Crippen MR) is 85.1 cm³/mol. The molecule has 0 aliphatic carbocycles. The summed E-state index contributed by atoms with van der Waals surface area (Å²) in [5.74, 6) is -0.489. The second kappa shape index (κ2) is 7.18. The van der Waals surface area contributed by atoms with Gasteiger partial charge in [0.25, 0.3) is 0 Å². The molecule has 0 aromatic heterocycles. The van der Waals surface area contributed by atoms with E-state index >= 15 is 0 Å². The average Bonchev–Trinajstić information content (AvgIpc) is 2.53. The summed E-state index contributed by atoms with van der Waals surface area (Å²) in [6.45, 7) is 0. The lowest BCUT2D eigenvalue weighted by Crippen LogP contribution is -2.15. The van der Waals surface area contributed by atoms with Gasteiger partial charge in [-0.05, 0) is 30.2 Å². The van der Waals surface area contributed by atoms with Crippen LogP contribution in [0.25, 0.3) is 0 Å². The van der Waals surface area contributed by atoms with Crippen LogP contribution in [0.15, 0.2) is 42.5 Å². The number of carboxylic acid groups (broad SMARTS) is 1. The third-order valence-electron chi connectivity index (χ3n) is 3.47. The fourth-order valence-corrected chi connectivity index (χ4v) is 2.42. The first kappa shape index (κ1) is 16.2. The lowest BCUT2D eigenvalue weighted by molar-refractivity contribution is -0.138. The molecule has 0 saturated heterocycles. The summed E-state index contributed by atoms with van der Waals surface area (Å²) in [7, 11) is 3.07. The minimum Gasteiger partial charge on any atom is -0.497 e. The topological polar surface area (TPSA) is 55.8 Å². The predicted octanol–water partition coefficient (Wildman–Crippen LogP) is 3.77. The summed E-state index contributed by atoms with van der Waals surface area (Å²) in [6, 6.07) is 12.3. The number of methoxy groups -OCH3 is 2. The molecule has 0 bridgehead atoms. The highest BCUT2D eigenvalue weighted by Gasteiger charge is 2.24. The number of carboxylic acids is 1. The van der Waals surface area contributed by atoms with Gasteiger partial charge in [-0.25, -0.2) is 0 Å². The number of ether oxygens (including phenoxy) is 2. The number of benzene rings is 2. The standard InChI is InChI=1S/C17H17ClO4/c1-21-13-7-8-14(16(10-13)22-2)15(17(19)20)9-11-3-5-12(18)6-4-11/h3-8,10,15H,9H2,1-2H3,(H,19,20). The van der Waals surface area contributed by atoms with E-state index in [1.807, 2.05) is 12.1 Å². The monoisotopic (exact) mass is 320 g/mol. The summed E-state index contributed by atoms with van der Waals surface area (Å²) < 4.78 is 10.5. The van der Waals surface area contributed by atoms with E-state index in [-0.39, 0.29) is 0 Å². The van der Waals surface area contributed by atoms with Crippen molar-refractivity contribution in [2.75, 3.05) is 14.2 Å². The number of hydrogen-bond donors (Lipinski definition) is 1. The van der Waals surface area contributed by atoms with Gasteiger partial charge >= 0.3 is 5.97 Å². The zero-order valence-corrected chi connectivity index (χ0v) is 13.1. The van der Waals surface area contributed by atoms with E-state index in [2.05, 4.69) is 0 Å². The first-order valence-electron chi connectivity index (χ1n) is 6.74. The largest absolute Gasteiger partial charge is 0.497 e. The molecule has 0 aliphatic rings. The number of carbonyl (C=O) groups is 1. The average molecular weight is 321 g/mol. The summed E-state index contributed by atoms with van der Waals surface area (Å²) in [6.07, 6.45) is 0.356. The molecule has 2 aromatic rings. The smallest absolute Gasteiger partial charge is 0.311 e. The Bertz CT molecular complexity index is 652. The van der Waals surface area contributed by atoms with Gasteiger partial charge in [0.05, 0.1) is 20.1 Å². The molecule has 1 atom stereocenters. The highest BCUT2D eigenvalue weighted by Crippen LogP contribution is 2.33. The maximum atomic E-state index is 11.7. The molecule has 0 amide bonds. The van der Waals surface area contributed by atoms with Gasteiger partial charge in [0.2, 0.25) is 0 Å². The van der Waals surface area contributed by atoms with E-state index in [4.69, 9.17) is 21.1 Å². The van der Waals surface area contributed by atoms with E-state index in [0.717, 1.165) is 5.56 Å². The van der Waals surface area contributed by atoms with Crippen molar-refractivity contribution in [3.05, 3.63) is 58.6 Å². The number of aliphatic carboxylic acids is 1. The van der Waals surface area contributed by atoms with Gasteiger partial charge in [0.1, 0.15) is 11.5 Å². The number of hydrogen-bond acceptors (Lipinski definition) is 3. The highest BCUT2D eigenvalue weighted by molar-refractivity contribution is 6.30. The van der Waals surface area contributed by atoms with Crippen LogP contribution >= 0.6 is 11.6 Å². The van der Waals surface area contributed by atoms with Crippen molar-refractivity contribution in [2.24, 2.45) is 0 Å². The van der Waals surface area contributed by atoms with Crippen LogP contribution in [-0.4, -0.2) is 25.3 Å². The highest BCUT2D eigenvalue weighted by atomic mass is 35.5. The van der Waals surface area contributed by atoms with Crippen molar-refractivity contribution in [3.8, 4) is 11.5 Å². The lowest BCUT2D eigenvalue weighted by atomic mass is 9.91. The van der Waals surface area contributed by atoms with E-state index in [0.29, 0.717) is 28.5 Å². The summed E-state index contributed by atoms with van der Waals surface area (Å²) in [5, 5.41) is 10.2. The Morgan fingerprint density at radius 3 is 2.36 bits per heavy atom. The van der Waals surface area contributed by atoms with Crippen molar-refractivity contribution in [2.45, 2.75) is 12.3 Å². The maximum absolute atomic E-state index is 11.7. The van der Waals surface area contributed by atoms with Crippen LogP contribution in [0.5, 0.6) is 11.5 Å². The molecule has 0 fully saturated rings. The SMILES string of the molecule is COc1ccc(C(Cc2ccc(Cl)cc2)C(=O)O)c(OC)c1. The van der Waals surface area contributed by atoms with Gasteiger partial charge in [0.15, 0.2) is 0 Å². The molecule has 0 heterocycles. The molecular weight excluding hydrogens is 304 g/mol. The van der Waals surface area contributed by atoms with Crippen molar-refractivity contribution >= 4 is 17.6 Å². The van der Waals surface area contributed by atoms with Gasteiger partial charge in [-0.2, -0.15) is 0 Å². The lowest BCUT2D eigenvalue weighted by Gasteiger charge is -2.17. The van der Waals surface area contributed by atoms with E-state index in [1.165, 1.54) is 7.11 Å². The van der Waals surface area contributed by atoms with Gasteiger partial charge in [0, 0.05) is 16.7 Å². The minimum atomic E-state index is -0.904. The molecule has 4 nitrogen and oxygen atoms in total. The Labute approximate surface area is 134 Å². The van der Waals surface area contributed by atoms with Crippen LogP contribution in [0.4, 0.5) is 0 Å². The second-order valence-corrected chi connectivity index (χ2v) is 5.27.